The van der Waals surface area contributed by atoms with E-state index in [4.69, 9.17) is 17.3 Å². The Morgan fingerprint density at radius 3 is 2.59 bits per heavy atom. The molecule has 0 saturated heterocycles. The fourth-order valence-electron chi connectivity index (χ4n) is 3.09. The number of benzene rings is 2. The highest BCUT2D eigenvalue weighted by Gasteiger charge is 2.22. The van der Waals surface area contributed by atoms with Crippen molar-refractivity contribution in [3.05, 3.63) is 70.4 Å². The third-order valence-corrected chi connectivity index (χ3v) is 7.20. The molecule has 0 fully saturated rings. The Hall–Kier alpha value is -2.24. The number of rotatable bonds is 12. The summed E-state index contributed by atoms with van der Waals surface area (Å²) in [5, 5.41) is 8.38. The van der Waals surface area contributed by atoms with Crippen molar-refractivity contribution in [2.75, 3.05) is 29.7 Å². The lowest BCUT2D eigenvalue weighted by molar-refractivity contribution is 0.525. The summed E-state index contributed by atoms with van der Waals surface area (Å²) in [5.74, 6) is -0.892. The highest BCUT2D eigenvalue weighted by atomic mass is 35.5. The standard InChI is InChI=1S/C21H25ClFN5O2S2/c22-16-12-20(32(29,30)28-21-27-10-11-31-21)17(23)13-18(16)25-8-4-5-9-26-19(14-24)15-6-2-1-3-7-15/h1-3,6-7,10-13,19,25-26H,4-5,8-9,14,24H2,(H,27,28). The van der Waals surface area contributed by atoms with E-state index >= 15 is 0 Å². The molecule has 0 aliphatic heterocycles. The van der Waals surface area contributed by atoms with E-state index in [0.717, 1.165) is 48.4 Å². The molecule has 0 aliphatic carbocycles. The van der Waals surface area contributed by atoms with Crippen molar-refractivity contribution < 1.29 is 12.8 Å². The Morgan fingerprint density at radius 1 is 1.16 bits per heavy atom. The van der Waals surface area contributed by atoms with Gasteiger partial charge in [-0.05, 0) is 37.1 Å². The first-order chi connectivity index (χ1) is 15.4. The molecular weight excluding hydrogens is 473 g/mol. The zero-order chi connectivity index (χ0) is 23.0. The van der Waals surface area contributed by atoms with Crippen molar-refractivity contribution in [1.29, 1.82) is 0 Å². The van der Waals surface area contributed by atoms with Gasteiger partial charge in [0.15, 0.2) is 5.13 Å². The Morgan fingerprint density at radius 2 is 1.91 bits per heavy atom. The first-order valence-corrected chi connectivity index (χ1v) is 12.8. The second-order valence-corrected chi connectivity index (χ2v) is 9.94. The molecule has 5 N–H and O–H groups in total. The topological polar surface area (TPSA) is 109 Å². The minimum absolute atomic E-state index is 0.0974. The molecule has 172 valence electrons. The SMILES string of the molecule is NCC(NCCCCNc1cc(F)c(S(=O)(=O)Nc2nccs2)cc1Cl)c1ccccc1. The van der Waals surface area contributed by atoms with Crippen LogP contribution in [-0.4, -0.2) is 33.0 Å². The van der Waals surface area contributed by atoms with Crippen molar-refractivity contribution in [2.45, 2.75) is 23.8 Å². The number of anilines is 2. The fraction of sp³-hybridized carbons (Fsp3) is 0.286. The van der Waals surface area contributed by atoms with Crippen molar-refractivity contribution in [2.24, 2.45) is 5.73 Å². The quantitative estimate of drug-likeness (QED) is 0.279. The summed E-state index contributed by atoms with van der Waals surface area (Å²) in [6.07, 6.45) is 3.13. The molecule has 0 aliphatic rings. The molecule has 7 nitrogen and oxygen atoms in total. The smallest absolute Gasteiger partial charge is 0.266 e. The maximum absolute atomic E-state index is 14.5. The van der Waals surface area contributed by atoms with Gasteiger partial charge in [-0.15, -0.1) is 11.3 Å². The number of hydrogen-bond donors (Lipinski definition) is 4. The number of nitrogens with zero attached hydrogens (tertiary/aromatic N) is 1. The van der Waals surface area contributed by atoms with Gasteiger partial charge in [-0.1, -0.05) is 41.9 Å². The van der Waals surface area contributed by atoms with Crippen LogP contribution in [0.2, 0.25) is 5.02 Å². The second kappa shape index (κ2) is 11.6. The third kappa shape index (κ3) is 6.63. The molecule has 0 saturated carbocycles. The van der Waals surface area contributed by atoms with E-state index in [1.54, 1.807) is 5.38 Å². The van der Waals surface area contributed by atoms with Crippen LogP contribution in [0.3, 0.4) is 0 Å². The Balaban J connectivity index is 1.49. The molecule has 0 spiro atoms. The molecule has 0 amide bonds. The molecule has 1 atom stereocenters. The zero-order valence-corrected chi connectivity index (χ0v) is 19.6. The zero-order valence-electron chi connectivity index (χ0n) is 17.2. The van der Waals surface area contributed by atoms with E-state index in [2.05, 4.69) is 20.3 Å². The molecule has 1 unspecified atom stereocenters. The van der Waals surface area contributed by atoms with Crippen LogP contribution in [0.4, 0.5) is 15.2 Å². The summed E-state index contributed by atoms with van der Waals surface area (Å²) in [6.45, 7) is 1.84. The number of sulfonamides is 1. The third-order valence-electron chi connectivity index (χ3n) is 4.71. The van der Waals surface area contributed by atoms with Gasteiger partial charge in [0.1, 0.15) is 10.7 Å². The Bertz CT molecular complexity index is 1100. The van der Waals surface area contributed by atoms with Crippen LogP contribution in [-0.2, 0) is 10.0 Å². The Kier molecular flexibility index (Phi) is 8.83. The predicted octanol–water partition coefficient (Wildman–Crippen LogP) is 4.22. The first-order valence-electron chi connectivity index (χ1n) is 10.0. The highest BCUT2D eigenvalue weighted by molar-refractivity contribution is 7.93. The van der Waals surface area contributed by atoms with Crippen LogP contribution in [0.5, 0.6) is 0 Å². The monoisotopic (exact) mass is 497 g/mol. The molecule has 3 rings (SSSR count). The maximum atomic E-state index is 14.5. The minimum Gasteiger partial charge on any atom is -0.384 e. The van der Waals surface area contributed by atoms with Crippen LogP contribution in [0, 0.1) is 5.82 Å². The summed E-state index contributed by atoms with van der Waals surface area (Å²) in [5.41, 5.74) is 7.35. The number of unbranched alkanes of at least 4 members (excludes halogenated alkanes) is 1. The fourth-order valence-corrected chi connectivity index (χ4v) is 5.26. The minimum atomic E-state index is -4.13. The van der Waals surface area contributed by atoms with Crippen molar-refractivity contribution in [3.63, 3.8) is 0 Å². The average molecular weight is 498 g/mol. The first kappa shape index (κ1) is 24.4. The number of nitrogens with two attached hydrogens (primary N) is 1. The largest absolute Gasteiger partial charge is 0.384 e. The van der Waals surface area contributed by atoms with E-state index in [9.17, 15) is 12.8 Å². The average Bonchev–Trinajstić information content (AvgIpc) is 3.28. The lowest BCUT2D eigenvalue weighted by Gasteiger charge is -2.17. The lowest BCUT2D eigenvalue weighted by Crippen LogP contribution is -2.29. The molecule has 1 heterocycles. The summed E-state index contributed by atoms with van der Waals surface area (Å²) >= 11 is 7.29. The van der Waals surface area contributed by atoms with Gasteiger partial charge in [-0.25, -0.2) is 17.8 Å². The summed E-state index contributed by atoms with van der Waals surface area (Å²) in [6, 6.07) is 12.3. The number of aromatic nitrogens is 1. The van der Waals surface area contributed by atoms with Gasteiger partial charge < -0.3 is 16.4 Å². The normalized spacial score (nSPS) is 12.5. The van der Waals surface area contributed by atoms with E-state index in [0.29, 0.717) is 18.8 Å². The molecule has 0 bridgehead atoms. The van der Waals surface area contributed by atoms with E-state index in [1.807, 2.05) is 30.3 Å². The van der Waals surface area contributed by atoms with Gasteiger partial charge in [0, 0.05) is 30.7 Å². The van der Waals surface area contributed by atoms with Crippen LogP contribution in [0.1, 0.15) is 24.4 Å². The number of halogens is 2. The van der Waals surface area contributed by atoms with Gasteiger partial charge in [0.05, 0.1) is 10.7 Å². The van der Waals surface area contributed by atoms with Crippen molar-refractivity contribution >= 4 is 43.8 Å². The van der Waals surface area contributed by atoms with Gasteiger partial charge in [-0.3, -0.25) is 4.72 Å². The summed E-state index contributed by atoms with van der Waals surface area (Å²) in [7, 11) is -4.13. The van der Waals surface area contributed by atoms with Crippen LogP contribution in [0.15, 0.2) is 58.9 Å². The molecular formula is C21H25ClFN5O2S2. The molecule has 0 radical (unpaired) electrons. The van der Waals surface area contributed by atoms with Crippen LogP contribution in [0.25, 0.3) is 0 Å². The number of hydrogen-bond acceptors (Lipinski definition) is 7. The molecule has 32 heavy (non-hydrogen) atoms. The van der Waals surface area contributed by atoms with E-state index in [-0.39, 0.29) is 16.2 Å². The van der Waals surface area contributed by atoms with Gasteiger partial charge >= 0.3 is 0 Å². The van der Waals surface area contributed by atoms with Crippen molar-refractivity contribution in [3.8, 4) is 0 Å². The molecule has 3 aromatic rings. The lowest BCUT2D eigenvalue weighted by atomic mass is 10.1. The Labute approximate surface area is 196 Å². The van der Waals surface area contributed by atoms with Crippen molar-refractivity contribution in [1.82, 2.24) is 10.3 Å². The number of nitrogens with one attached hydrogen (secondary N) is 3. The van der Waals surface area contributed by atoms with Gasteiger partial charge in [-0.2, -0.15) is 0 Å². The van der Waals surface area contributed by atoms with Gasteiger partial charge in [0.25, 0.3) is 10.0 Å². The molecule has 1 aromatic heterocycles. The van der Waals surface area contributed by atoms with Gasteiger partial charge in [0.2, 0.25) is 0 Å². The second-order valence-electron chi connectivity index (χ2n) is 6.99. The number of thiazole rings is 1. The summed E-state index contributed by atoms with van der Waals surface area (Å²) in [4.78, 5) is 3.32. The molecule has 2 aromatic carbocycles. The molecule has 11 heteroatoms. The predicted molar refractivity (Wildman–Crippen MR) is 128 cm³/mol. The van der Waals surface area contributed by atoms with Crippen LogP contribution < -0.4 is 21.1 Å². The van der Waals surface area contributed by atoms with Crippen LogP contribution >= 0.6 is 22.9 Å². The van der Waals surface area contributed by atoms with E-state index < -0.39 is 20.7 Å². The highest BCUT2D eigenvalue weighted by Crippen LogP contribution is 2.29. The maximum Gasteiger partial charge on any atom is 0.266 e. The van der Waals surface area contributed by atoms with E-state index in [1.165, 1.54) is 6.20 Å². The summed E-state index contributed by atoms with van der Waals surface area (Å²) < 4.78 is 41.6.